The Bertz CT molecular complexity index is 421. The third kappa shape index (κ3) is 3.78. The van der Waals surface area contributed by atoms with Gasteiger partial charge in [0.2, 0.25) is 5.91 Å². The number of hydrogen-bond acceptors (Lipinski definition) is 3. The Morgan fingerprint density at radius 2 is 2.37 bits per heavy atom. The number of carbonyl (C=O) groups excluding carboxylic acids is 1. The van der Waals surface area contributed by atoms with Gasteiger partial charge in [0.25, 0.3) is 0 Å². The highest BCUT2D eigenvalue weighted by Crippen LogP contribution is 2.25. The fourth-order valence-corrected chi connectivity index (χ4v) is 3.00. The Morgan fingerprint density at radius 1 is 1.53 bits per heavy atom. The maximum absolute atomic E-state index is 12.1. The molecule has 106 valence electrons. The second kappa shape index (κ2) is 7.03. The summed E-state index contributed by atoms with van der Waals surface area (Å²) in [6.45, 7) is 1.68. The first kappa shape index (κ1) is 14.5. The molecule has 0 spiro atoms. The Balaban J connectivity index is 1.90. The van der Waals surface area contributed by atoms with Crippen molar-refractivity contribution in [1.29, 1.82) is 0 Å². The number of amides is 1. The van der Waals surface area contributed by atoms with Gasteiger partial charge in [0.05, 0.1) is 0 Å². The molecule has 1 atom stereocenters. The highest BCUT2D eigenvalue weighted by Gasteiger charge is 2.26. The number of alkyl halides is 1. The third-order valence-electron chi connectivity index (χ3n) is 3.66. The molecule has 0 bridgehead atoms. The monoisotopic (exact) mass is 328 g/mol. The molecule has 1 aliphatic rings. The van der Waals surface area contributed by atoms with Crippen LogP contribution in [0.1, 0.15) is 43.8 Å². The molecular weight excluding hydrogens is 308 g/mol. The van der Waals surface area contributed by atoms with E-state index in [9.17, 15) is 4.79 Å². The molecule has 0 saturated carbocycles. The zero-order valence-corrected chi connectivity index (χ0v) is 13.0. The van der Waals surface area contributed by atoms with Crippen LogP contribution in [0.3, 0.4) is 0 Å². The number of likely N-dealkylation sites (tertiary alicyclic amines) is 1. The summed E-state index contributed by atoms with van der Waals surface area (Å²) >= 11 is 3.40. The van der Waals surface area contributed by atoms with Gasteiger partial charge in [-0.05, 0) is 25.7 Å². The minimum absolute atomic E-state index is 0.285. The van der Waals surface area contributed by atoms with Crippen LogP contribution in [0, 0.1) is 0 Å². The summed E-state index contributed by atoms with van der Waals surface area (Å²) in [5.41, 5.74) is 0. The van der Waals surface area contributed by atoms with Crippen LogP contribution in [-0.2, 0) is 11.8 Å². The van der Waals surface area contributed by atoms with Gasteiger partial charge in [-0.1, -0.05) is 15.9 Å². The van der Waals surface area contributed by atoms with Crippen molar-refractivity contribution in [2.75, 3.05) is 18.4 Å². The molecule has 0 aromatic carbocycles. The van der Waals surface area contributed by atoms with E-state index in [1.54, 1.807) is 6.33 Å². The van der Waals surface area contributed by atoms with Crippen molar-refractivity contribution in [3.8, 4) is 0 Å². The number of aryl methyl sites for hydroxylation is 1. The summed E-state index contributed by atoms with van der Waals surface area (Å²) in [7, 11) is 1.96. The number of piperidine rings is 1. The molecule has 1 amide bonds. The predicted octanol–water partition coefficient (Wildman–Crippen LogP) is 2.09. The molecule has 19 heavy (non-hydrogen) atoms. The molecule has 1 aliphatic heterocycles. The van der Waals surface area contributed by atoms with Crippen LogP contribution in [0.5, 0.6) is 0 Å². The summed E-state index contributed by atoms with van der Waals surface area (Å²) < 4.78 is 1.96. The Morgan fingerprint density at radius 3 is 3.05 bits per heavy atom. The molecule has 1 saturated heterocycles. The molecule has 0 aliphatic carbocycles. The van der Waals surface area contributed by atoms with Crippen molar-refractivity contribution < 1.29 is 4.79 Å². The standard InChI is InChI=1S/C13H21BrN4O/c1-17-10-15-16-13(17)11-5-4-8-18(9-11)12(19)6-2-3-7-14/h10-11H,2-9H2,1H3. The van der Waals surface area contributed by atoms with Crippen LogP contribution in [0.15, 0.2) is 6.33 Å². The number of unbranched alkanes of at least 4 members (excludes halogenated alkanes) is 1. The van der Waals surface area contributed by atoms with E-state index in [1.807, 2.05) is 16.5 Å². The van der Waals surface area contributed by atoms with E-state index in [-0.39, 0.29) is 5.91 Å². The topological polar surface area (TPSA) is 51.0 Å². The highest BCUT2D eigenvalue weighted by molar-refractivity contribution is 9.09. The summed E-state index contributed by atoms with van der Waals surface area (Å²) in [6.07, 6.45) is 6.57. The van der Waals surface area contributed by atoms with Gasteiger partial charge in [-0.15, -0.1) is 10.2 Å². The van der Waals surface area contributed by atoms with E-state index in [2.05, 4.69) is 26.1 Å². The van der Waals surface area contributed by atoms with Crippen LogP contribution >= 0.6 is 15.9 Å². The van der Waals surface area contributed by atoms with Crippen LogP contribution in [0.25, 0.3) is 0 Å². The zero-order chi connectivity index (χ0) is 13.7. The predicted molar refractivity (Wildman–Crippen MR) is 77.2 cm³/mol. The Kier molecular flexibility index (Phi) is 5.36. The summed E-state index contributed by atoms with van der Waals surface area (Å²) in [5.74, 6) is 1.62. The van der Waals surface area contributed by atoms with Crippen molar-refractivity contribution in [2.24, 2.45) is 7.05 Å². The van der Waals surface area contributed by atoms with Gasteiger partial charge in [0, 0.05) is 37.8 Å². The normalized spacial score (nSPS) is 19.7. The molecule has 6 heteroatoms. The second-order valence-corrected chi connectivity index (χ2v) is 5.92. The van der Waals surface area contributed by atoms with E-state index in [4.69, 9.17) is 0 Å². The van der Waals surface area contributed by atoms with Crippen molar-refractivity contribution in [3.05, 3.63) is 12.2 Å². The molecule has 1 aromatic rings. The molecule has 0 N–H and O–H groups in total. The largest absolute Gasteiger partial charge is 0.342 e. The van der Waals surface area contributed by atoms with Crippen molar-refractivity contribution in [2.45, 2.75) is 38.0 Å². The first-order valence-corrected chi connectivity index (χ1v) is 8.02. The maximum Gasteiger partial charge on any atom is 0.222 e. The average Bonchev–Trinajstić information content (AvgIpc) is 2.85. The number of nitrogens with zero attached hydrogens (tertiary/aromatic N) is 4. The fourth-order valence-electron chi connectivity index (χ4n) is 2.61. The second-order valence-electron chi connectivity index (χ2n) is 5.13. The molecular formula is C13H21BrN4O. The number of halogens is 1. The fraction of sp³-hybridized carbons (Fsp3) is 0.769. The van der Waals surface area contributed by atoms with Crippen molar-refractivity contribution in [1.82, 2.24) is 19.7 Å². The molecule has 2 heterocycles. The van der Waals surface area contributed by atoms with Crippen LogP contribution in [0.4, 0.5) is 0 Å². The molecule has 5 nitrogen and oxygen atoms in total. The number of rotatable bonds is 5. The lowest BCUT2D eigenvalue weighted by Crippen LogP contribution is -2.39. The summed E-state index contributed by atoms with van der Waals surface area (Å²) in [5, 5.41) is 9.08. The molecule has 1 fully saturated rings. The van der Waals surface area contributed by atoms with Gasteiger partial charge in [0.1, 0.15) is 12.2 Å². The smallest absolute Gasteiger partial charge is 0.222 e. The Labute approximate surface area is 122 Å². The number of hydrogen-bond donors (Lipinski definition) is 0. The Hall–Kier alpha value is -0.910. The van der Waals surface area contributed by atoms with Crippen LogP contribution in [0.2, 0.25) is 0 Å². The minimum Gasteiger partial charge on any atom is -0.342 e. The van der Waals surface area contributed by atoms with E-state index >= 15 is 0 Å². The summed E-state index contributed by atoms with van der Waals surface area (Å²) in [4.78, 5) is 14.1. The zero-order valence-electron chi connectivity index (χ0n) is 11.4. The van der Waals surface area contributed by atoms with E-state index in [0.717, 1.165) is 49.9 Å². The molecule has 0 radical (unpaired) electrons. The lowest BCUT2D eigenvalue weighted by Gasteiger charge is -2.32. The van der Waals surface area contributed by atoms with Crippen LogP contribution < -0.4 is 0 Å². The maximum atomic E-state index is 12.1. The first-order chi connectivity index (χ1) is 9.22. The van der Waals surface area contributed by atoms with Gasteiger partial charge in [-0.2, -0.15) is 0 Å². The van der Waals surface area contributed by atoms with E-state index in [0.29, 0.717) is 12.3 Å². The minimum atomic E-state index is 0.285. The van der Waals surface area contributed by atoms with Gasteiger partial charge in [0.15, 0.2) is 0 Å². The quantitative estimate of drug-likeness (QED) is 0.614. The van der Waals surface area contributed by atoms with E-state index < -0.39 is 0 Å². The lowest BCUT2D eigenvalue weighted by atomic mass is 9.96. The SMILES string of the molecule is Cn1cnnc1C1CCCN(C(=O)CCCCBr)C1. The van der Waals surface area contributed by atoms with E-state index in [1.165, 1.54) is 0 Å². The van der Waals surface area contributed by atoms with Gasteiger partial charge in [-0.25, -0.2) is 0 Å². The van der Waals surface area contributed by atoms with Crippen LogP contribution in [-0.4, -0.2) is 44.0 Å². The molecule has 1 aromatic heterocycles. The van der Waals surface area contributed by atoms with Crippen molar-refractivity contribution >= 4 is 21.8 Å². The highest BCUT2D eigenvalue weighted by atomic mass is 79.9. The third-order valence-corrected chi connectivity index (χ3v) is 4.22. The number of carbonyl (C=O) groups is 1. The molecule has 1 unspecified atom stereocenters. The average molecular weight is 329 g/mol. The van der Waals surface area contributed by atoms with Gasteiger partial charge < -0.3 is 9.47 Å². The number of aromatic nitrogens is 3. The van der Waals surface area contributed by atoms with Gasteiger partial charge in [-0.3, -0.25) is 4.79 Å². The summed E-state index contributed by atoms with van der Waals surface area (Å²) in [6, 6.07) is 0. The first-order valence-electron chi connectivity index (χ1n) is 6.90. The molecule has 2 rings (SSSR count). The van der Waals surface area contributed by atoms with Crippen molar-refractivity contribution in [3.63, 3.8) is 0 Å². The lowest BCUT2D eigenvalue weighted by molar-refractivity contribution is -0.132. The van der Waals surface area contributed by atoms with Gasteiger partial charge >= 0.3 is 0 Å².